The first kappa shape index (κ1) is 22.2. The van der Waals surface area contributed by atoms with E-state index in [4.69, 9.17) is 16.6 Å². The van der Waals surface area contributed by atoms with E-state index in [0.29, 0.717) is 5.91 Å². The number of benzene rings is 2. The average Bonchev–Trinajstić information content (AvgIpc) is 3.33. The molecule has 2 fully saturated rings. The molecule has 2 aliphatic rings. The maximum absolute atomic E-state index is 13.1. The van der Waals surface area contributed by atoms with Crippen molar-refractivity contribution in [2.75, 3.05) is 49.1 Å². The van der Waals surface area contributed by atoms with Crippen LogP contribution in [0.1, 0.15) is 24.2 Å². The largest absolute Gasteiger partial charge is 0.368 e. The SMILES string of the molecule is O=C(C1CCN(c2nc(Cc3ccccc3)ns2)CC1)N1CCN(c2cccc(Cl)c2)CC1. The summed E-state index contributed by atoms with van der Waals surface area (Å²) in [5.41, 5.74) is 2.35. The van der Waals surface area contributed by atoms with Crippen molar-refractivity contribution in [1.29, 1.82) is 0 Å². The van der Waals surface area contributed by atoms with Gasteiger partial charge in [-0.25, -0.2) is 4.98 Å². The van der Waals surface area contributed by atoms with Crippen molar-refractivity contribution >= 4 is 39.9 Å². The second-order valence-electron chi connectivity index (χ2n) is 8.71. The zero-order valence-corrected chi connectivity index (χ0v) is 20.1. The van der Waals surface area contributed by atoms with Crippen LogP contribution in [0.5, 0.6) is 0 Å². The number of piperidine rings is 1. The van der Waals surface area contributed by atoms with E-state index in [1.54, 1.807) is 0 Å². The highest BCUT2D eigenvalue weighted by Crippen LogP contribution is 2.27. The Kier molecular flexibility index (Phi) is 6.78. The van der Waals surface area contributed by atoms with Crippen LogP contribution in [-0.2, 0) is 11.2 Å². The molecule has 8 heteroatoms. The molecule has 2 aromatic carbocycles. The summed E-state index contributed by atoms with van der Waals surface area (Å²) in [6.45, 7) is 4.95. The third-order valence-electron chi connectivity index (χ3n) is 6.54. The van der Waals surface area contributed by atoms with Crippen LogP contribution in [0.25, 0.3) is 0 Å². The first-order chi connectivity index (χ1) is 16.2. The summed E-state index contributed by atoms with van der Waals surface area (Å²) in [5.74, 6) is 1.29. The van der Waals surface area contributed by atoms with Crippen LogP contribution in [-0.4, -0.2) is 59.4 Å². The van der Waals surface area contributed by atoms with Gasteiger partial charge in [0.1, 0.15) is 5.82 Å². The number of piperazine rings is 1. The van der Waals surface area contributed by atoms with Crippen molar-refractivity contribution in [2.24, 2.45) is 5.92 Å². The van der Waals surface area contributed by atoms with Gasteiger partial charge in [0.15, 0.2) is 0 Å². The quantitative estimate of drug-likeness (QED) is 0.542. The van der Waals surface area contributed by atoms with Gasteiger partial charge in [-0.2, -0.15) is 4.37 Å². The lowest BCUT2D eigenvalue weighted by Gasteiger charge is -2.39. The lowest BCUT2D eigenvalue weighted by molar-refractivity contribution is -0.136. The number of anilines is 2. The van der Waals surface area contributed by atoms with Gasteiger partial charge in [0.05, 0.1) is 0 Å². The van der Waals surface area contributed by atoms with Gasteiger partial charge in [0, 0.05) is 73.8 Å². The van der Waals surface area contributed by atoms with Gasteiger partial charge in [0.25, 0.3) is 0 Å². The zero-order chi connectivity index (χ0) is 22.6. The summed E-state index contributed by atoms with van der Waals surface area (Å²) in [6, 6.07) is 18.3. The van der Waals surface area contributed by atoms with Crippen LogP contribution < -0.4 is 9.80 Å². The molecule has 0 atom stereocenters. The monoisotopic (exact) mass is 481 g/mol. The zero-order valence-electron chi connectivity index (χ0n) is 18.6. The predicted octanol–water partition coefficient (Wildman–Crippen LogP) is 4.35. The first-order valence-electron chi connectivity index (χ1n) is 11.6. The Morgan fingerprint density at radius 3 is 2.42 bits per heavy atom. The molecule has 172 valence electrons. The number of hydrogen-bond donors (Lipinski definition) is 0. The molecule has 3 aromatic rings. The van der Waals surface area contributed by atoms with Crippen LogP contribution in [0.4, 0.5) is 10.8 Å². The van der Waals surface area contributed by atoms with Gasteiger partial charge < -0.3 is 14.7 Å². The van der Waals surface area contributed by atoms with Crippen molar-refractivity contribution in [3.05, 3.63) is 71.0 Å². The number of rotatable bonds is 5. The van der Waals surface area contributed by atoms with E-state index < -0.39 is 0 Å². The molecule has 0 bridgehead atoms. The number of carbonyl (C=O) groups excluding carboxylic acids is 1. The standard InChI is InChI=1S/C25H28ClN5OS/c26-21-7-4-8-22(18-21)29-13-15-30(16-14-29)24(32)20-9-11-31(12-10-20)25-27-23(28-33-25)17-19-5-2-1-3-6-19/h1-8,18,20H,9-17H2. The summed E-state index contributed by atoms with van der Waals surface area (Å²) in [6.07, 6.45) is 2.51. The Morgan fingerprint density at radius 2 is 1.70 bits per heavy atom. The number of nitrogens with zero attached hydrogens (tertiary/aromatic N) is 5. The van der Waals surface area contributed by atoms with Gasteiger partial charge in [-0.05, 0) is 36.6 Å². The third-order valence-corrected chi connectivity index (χ3v) is 7.59. The highest BCUT2D eigenvalue weighted by atomic mass is 35.5. The topological polar surface area (TPSA) is 52.6 Å². The van der Waals surface area contributed by atoms with Crippen LogP contribution in [0.3, 0.4) is 0 Å². The number of carbonyl (C=O) groups is 1. The van der Waals surface area contributed by atoms with Gasteiger partial charge in [0.2, 0.25) is 11.0 Å². The number of halogens is 1. The Hall–Kier alpha value is -2.64. The van der Waals surface area contributed by atoms with E-state index in [9.17, 15) is 4.79 Å². The highest BCUT2D eigenvalue weighted by Gasteiger charge is 2.31. The molecule has 0 spiro atoms. The van der Waals surface area contributed by atoms with E-state index in [1.165, 1.54) is 17.1 Å². The Balaban J connectivity index is 1.11. The van der Waals surface area contributed by atoms with E-state index in [-0.39, 0.29) is 5.92 Å². The van der Waals surface area contributed by atoms with Crippen molar-refractivity contribution < 1.29 is 4.79 Å². The molecular formula is C25H28ClN5OS. The molecule has 33 heavy (non-hydrogen) atoms. The summed E-state index contributed by atoms with van der Waals surface area (Å²) >= 11 is 7.60. The lowest BCUT2D eigenvalue weighted by Crippen LogP contribution is -2.51. The lowest BCUT2D eigenvalue weighted by atomic mass is 9.95. The van der Waals surface area contributed by atoms with Crippen molar-refractivity contribution in [3.8, 4) is 0 Å². The van der Waals surface area contributed by atoms with E-state index in [2.05, 4.69) is 32.4 Å². The molecule has 3 heterocycles. The maximum Gasteiger partial charge on any atom is 0.225 e. The maximum atomic E-state index is 13.1. The Bertz CT molecular complexity index is 1080. The van der Waals surface area contributed by atoms with Crippen LogP contribution in [0, 0.1) is 5.92 Å². The Morgan fingerprint density at radius 1 is 0.939 bits per heavy atom. The molecule has 0 unspecified atom stereocenters. The fourth-order valence-electron chi connectivity index (χ4n) is 4.66. The van der Waals surface area contributed by atoms with Crippen molar-refractivity contribution in [1.82, 2.24) is 14.3 Å². The average molecular weight is 482 g/mol. The van der Waals surface area contributed by atoms with E-state index in [1.807, 2.05) is 41.3 Å². The third kappa shape index (κ3) is 5.31. The van der Waals surface area contributed by atoms with Gasteiger partial charge >= 0.3 is 0 Å². The summed E-state index contributed by atoms with van der Waals surface area (Å²) in [7, 11) is 0. The fourth-order valence-corrected chi connectivity index (χ4v) is 5.58. The van der Waals surface area contributed by atoms with Crippen molar-refractivity contribution in [3.63, 3.8) is 0 Å². The molecule has 0 aliphatic carbocycles. The number of aromatic nitrogens is 2. The highest BCUT2D eigenvalue weighted by molar-refractivity contribution is 7.09. The smallest absolute Gasteiger partial charge is 0.225 e. The molecule has 5 rings (SSSR count). The van der Waals surface area contributed by atoms with Gasteiger partial charge in [-0.1, -0.05) is 48.0 Å². The van der Waals surface area contributed by atoms with E-state index >= 15 is 0 Å². The second-order valence-corrected chi connectivity index (χ2v) is 9.88. The predicted molar refractivity (Wildman–Crippen MR) is 134 cm³/mol. The van der Waals surface area contributed by atoms with E-state index in [0.717, 1.165) is 80.2 Å². The normalized spacial score (nSPS) is 17.4. The molecule has 6 nitrogen and oxygen atoms in total. The second kappa shape index (κ2) is 10.1. The van der Waals surface area contributed by atoms with Crippen LogP contribution in [0.2, 0.25) is 5.02 Å². The van der Waals surface area contributed by atoms with Gasteiger partial charge in [-0.3, -0.25) is 4.79 Å². The minimum Gasteiger partial charge on any atom is -0.368 e. The molecular weight excluding hydrogens is 454 g/mol. The minimum absolute atomic E-state index is 0.107. The number of hydrogen-bond acceptors (Lipinski definition) is 6. The van der Waals surface area contributed by atoms with Crippen LogP contribution in [0.15, 0.2) is 54.6 Å². The van der Waals surface area contributed by atoms with Gasteiger partial charge in [-0.15, -0.1) is 0 Å². The summed E-state index contributed by atoms with van der Waals surface area (Å²) in [4.78, 5) is 24.5. The minimum atomic E-state index is 0.107. The molecule has 2 saturated heterocycles. The molecule has 0 N–H and O–H groups in total. The molecule has 0 radical (unpaired) electrons. The van der Waals surface area contributed by atoms with Crippen molar-refractivity contribution in [2.45, 2.75) is 19.3 Å². The summed E-state index contributed by atoms with van der Waals surface area (Å²) in [5, 5.41) is 1.72. The molecule has 0 saturated carbocycles. The fraction of sp³-hybridized carbons (Fsp3) is 0.400. The first-order valence-corrected chi connectivity index (χ1v) is 12.7. The molecule has 1 aromatic heterocycles. The van der Waals surface area contributed by atoms with Crippen LogP contribution >= 0.6 is 23.1 Å². The molecule has 1 amide bonds. The summed E-state index contributed by atoms with van der Waals surface area (Å²) < 4.78 is 4.55. The molecule has 2 aliphatic heterocycles. The Labute approximate surface area is 204 Å². The number of amides is 1.